The van der Waals surface area contributed by atoms with Crippen LogP contribution in [0.5, 0.6) is 0 Å². The van der Waals surface area contributed by atoms with Gasteiger partial charge in [-0.25, -0.2) is 9.78 Å². The predicted molar refractivity (Wildman–Crippen MR) is 99.7 cm³/mol. The summed E-state index contributed by atoms with van der Waals surface area (Å²) < 4.78 is 6.53. The van der Waals surface area contributed by atoms with Crippen LogP contribution in [-0.2, 0) is 4.84 Å². The van der Waals surface area contributed by atoms with Gasteiger partial charge in [-0.2, -0.15) is 0 Å². The zero-order chi connectivity index (χ0) is 19.3. The van der Waals surface area contributed by atoms with Crippen molar-refractivity contribution in [2.75, 3.05) is 0 Å². The number of carbonyl (C=O) groups is 3. The fraction of sp³-hybridized carbons (Fsp3) is 0. The van der Waals surface area contributed by atoms with Crippen molar-refractivity contribution in [1.82, 2.24) is 10.0 Å². The van der Waals surface area contributed by atoms with Crippen LogP contribution in [0.15, 0.2) is 65.1 Å². The van der Waals surface area contributed by atoms with E-state index in [0.29, 0.717) is 15.8 Å². The van der Waals surface area contributed by atoms with Crippen LogP contribution >= 0.6 is 11.3 Å². The summed E-state index contributed by atoms with van der Waals surface area (Å²) in [5, 5.41) is 1.06. The highest BCUT2D eigenvalue weighted by molar-refractivity contribution is 7.21. The number of hydrogen-bond donors (Lipinski definition) is 0. The molecule has 1 aliphatic rings. The van der Waals surface area contributed by atoms with E-state index in [-0.39, 0.29) is 16.9 Å². The molecule has 3 heterocycles. The van der Waals surface area contributed by atoms with Gasteiger partial charge in [0.1, 0.15) is 0 Å². The minimum atomic E-state index is -0.943. The van der Waals surface area contributed by atoms with Gasteiger partial charge >= 0.3 is 5.97 Å². The van der Waals surface area contributed by atoms with E-state index in [1.54, 1.807) is 18.2 Å². The summed E-state index contributed by atoms with van der Waals surface area (Å²) in [5.41, 5.74) is 1.21. The van der Waals surface area contributed by atoms with E-state index in [1.165, 1.54) is 29.5 Å². The number of furan rings is 1. The molecule has 2 aromatic carbocycles. The molecule has 0 N–H and O–H groups in total. The highest BCUT2D eigenvalue weighted by Crippen LogP contribution is 2.31. The number of benzene rings is 2. The van der Waals surface area contributed by atoms with Gasteiger partial charge in [0.25, 0.3) is 11.8 Å². The molecule has 1 aliphatic heterocycles. The van der Waals surface area contributed by atoms with Gasteiger partial charge in [-0.05, 0) is 36.4 Å². The summed E-state index contributed by atoms with van der Waals surface area (Å²) in [6, 6.07) is 16.9. The number of hydrogen-bond acceptors (Lipinski definition) is 7. The minimum Gasteiger partial charge on any atom is -0.446 e. The van der Waals surface area contributed by atoms with Crippen molar-refractivity contribution < 1.29 is 23.6 Å². The molecule has 0 aliphatic carbocycles. The Morgan fingerprint density at radius 2 is 1.61 bits per heavy atom. The van der Waals surface area contributed by atoms with Crippen LogP contribution in [0, 0.1) is 0 Å². The largest absolute Gasteiger partial charge is 0.446 e. The number of rotatable bonds is 3. The first-order valence-corrected chi connectivity index (χ1v) is 9.09. The lowest BCUT2D eigenvalue weighted by Crippen LogP contribution is -2.32. The first-order valence-electron chi connectivity index (χ1n) is 8.28. The third kappa shape index (κ3) is 2.50. The van der Waals surface area contributed by atoms with Crippen LogP contribution in [0.4, 0.5) is 0 Å². The molecule has 4 aromatic rings. The topological polar surface area (TPSA) is 89.7 Å². The molecule has 7 nitrogen and oxygen atoms in total. The van der Waals surface area contributed by atoms with E-state index >= 15 is 0 Å². The Balaban J connectivity index is 1.38. The maximum absolute atomic E-state index is 12.4. The molecule has 0 bridgehead atoms. The fourth-order valence-corrected chi connectivity index (χ4v) is 3.85. The molecule has 0 fully saturated rings. The number of imide groups is 1. The number of thiazole rings is 1. The minimum absolute atomic E-state index is 0.134. The Kier molecular flexibility index (Phi) is 3.59. The van der Waals surface area contributed by atoms with E-state index in [2.05, 4.69) is 4.98 Å². The molecule has 2 amide bonds. The Labute approximate surface area is 161 Å². The number of amides is 2. The summed E-state index contributed by atoms with van der Waals surface area (Å²) >= 11 is 1.43. The molecule has 0 saturated carbocycles. The highest BCUT2D eigenvalue weighted by atomic mass is 32.1. The lowest BCUT2D eigenvalue weighted by atomic mass is 10.1. The second kappa shape index (κ2) is 6.14. The molecule has 0 spiro atoms. The predicted octanol–water partition coefficient (Wildman–Crippen LogP) is 3.92. The number of nitrogens with zero attached hydrogens (tertiary/aromatic N) is 2. The van der Waals surface area contributed by atoms with Gasteiger partial charge in [0.05, 0.1) is 21.3 Å². The van der Waals surface area contributed by atoms with Gasteiger partial charge in [-0.3, -0.25) is 9.59 Å². The van der Waals surface area contributed by atoms with Gasteiger partial charge in [-0.15, -0.1) is 11.3 Å². The Hall–Kier alpha value is -3.78. The van der Waals surface area contributed by atoms with Crippen molar-refractivity contribution in [3.8, 4) is 10.8 Å². The lowest BCUT2D eigenvalue weighted by molar-refractivity contribution is -0.0602. The molecule has 136 valence electrons. The highest BCUT2D eigenvalue weighted by Gasteiger charge is 2.39. The van der Waals surface area contributed by atoms with Crippen LogP contribution in [0.2, 0.25) is 0 Å². The number of para-hydroxylation sites is 1. The maximum atomic E-state index is 12.4. The Morgan fingerprint density at radius 1 is 0.929 bits per heavy atom. The number of carbonyl (C=O) groups excluding carboxylic acids is 3. The van der Waals surface area contributed by atoms with E-state index in [0.717, 1.165) is 10.2 Å². The van der Waals surface area contributed by atoms with Crippen molar-refractivity contribution >= 4 is 39.3 Å². The smallest absolute Gasteiger partial charge is 0.399 e. The number of hydroxylamine groups is 2. The van der Waals surface area contributed by atoms with Crippen LogP contribution in [0.25, 0.3) is 21.0 Å². The monoisotopic (exact) mass is 390 g/mol. The van der Waals surface area contributed by atoms with E-state index in [1.807, 2.05) is 24.3 Å². The third-order valence-corrected chi connectivity index (χ3v) is 5.29. The standard InChI is InChI=1S/C20H10N2O5S/c23-18-11-5-1-2-6-12(11)19(24)22(18)27-20(25)15-10-9-14(26-15)17-21-13-7-3-4-8-16(13)28-17/h1-10H. The van der Waals surface area contributed by atoms with Crippen LogP contribution in [-0.4, -0.2) is 27.8 Å². The van der Waals surface area contributed by atoms with E-state index < -0.39 is 17.8 Å². The molecule has 8 heteroatoms. The van der Waals surface area contributed by atoms with Crippen molar-refractivity contribution in [3.05, 3.63) is 77.6 Å². The van der Waals surface area contributed by atoms with Crippen molar-refractivity contribution in [3.63, 3.8) is 0 Å². The molecule has 0 saturated heterocycles. The number of aromatic nitrogens is 1. The van der Waals surface area contributed by atoms with E-state index in [9.17, 15) is 14.4 Å². The van der Waals surface area contributed by atoms with Crippen LogP contribution < -0.4 is 0 Å². The summed E-state index contributed by atoms with van der Waals surface area (Å²) in [7, 11) is 0. The van der Waals surface area contributed by atoms with Crippen molar-refractivity contribution in [2.45, 2.75) is 0 Å². The van der Waals surface area contributed by atoms with Gasteiger partial charge in [0, 0.05) is 0 Å². The van der Waals surface area contributed by atoms with Gasteiger partial charge < -0.3 is 9.25 Å². The number of fused-ring (bicyclic) bond motifs is 2. The molecule has 5 rings (SSSR count). The van der Waals surface area contributed by atoms with Crippen LogP contribution in [0.3, 0.4) is 0 Å². The average Bonchev–Trinajstić information content (AvgIpc) is 3.42. The summed E-state index contributed by atoms with van der Waals surface area (Å²) in [4.78, 5) is 46.4. The molecule has 0 radical (unpaired) electrons. The first-order chi connectivity index (χ1) is 13.6. The zero-order valence-electron chi connectivity index (χ0n) is 14.1. The van der Waals surface area contributed by atoms with Gasteiger partial charge in [0.2, 0.25) is 5.76 Å². The molecular weight excluding hydrogens is 380 g/mol. The normalized spacial score (nSPS) is 13.2. The molecule has 2 aromatic heterocycles. The third-order valence-electron chi connectivity index (χ3n) is 4.24. The van der Waals surface area contributed by atoms with Crippen molar-refractivity contribution in [1.29, 1.82) is 0 Å². The van der Waals surface area contributed by atoms with Gasteiger partial charge in [0.15, 0.2) is 10.8 Å². The first kappa shape index (κ1) is 16.4. The second-order valence-electron chi connectivity index (χ2n) is 5.98. The molecule has 0 unspecified atom stereocenters. The lowest BCUT2D eigenvalue weighted by Gasteiger charge is -2.11. The molecule has 28 heavy (non-hydrogen) atoms. The molecule has 0 atom stereocenters. The Morgan fingerprint density at radius 3 is 2.32 bits per heavy atom. The van der Waals surface area contributed by atoms with Crippen LogP contribution in [0.1, 0.15) is 31.3 Å². The molecular formula is C20H10N2O5S. The van der Waals surface area contributed by atoms with E-state index in [4.69, 9.17) is 9.25 Å². The summed E-state index contributed by atoms with van der Waals surface area (Å²) in [6.45, 7) is 0. The zero-order valence-corrected chi connectivity index (χ0v) is 14.9. The Bertz CT molecular complexity index is 1200. The van der Waals surface area contributed by atoms with Crippen molar-refractivity contribution in [2.24, 2.45) is 0 Å². The SMILES string of the molecule is O=C(ON1C(=O)c2ccccc2C1=O)c1ccc(-c2nc3ccccc3s2)o1. The second-order valence-corrected chi connectivity index (χ2v) is 7.01. The van der Waals surface area contributed by atoms with Gasteiger partial charge in [-0.1, -0.05) is 29.3 Å². The fourth-order valence-electron chi connectivity index (χ4n) is 2.92. The summed E-state index contributed by atoms with van der Waals surface area (Å²) in [5.74, 6) is -2.05. The average molecular weight is 390 g/mol. The maximum Gasteiger partial charge on any atom is 0.399 e. The quantitative estimate of drug-likeness (QED) is 0.493. The summed E-state index contributed by atoms with van der Waals surface area (Å²) in [6.07, 6.45) is 0.